The van der Waals surface area contributed by atoms with E-state index in [4.69, 9.17) is 9.47 Å². The van der Waals surface area contributed by atoms with Gasteiger partial charge in [-0.1, -0.05) is 38.1 Å². The lowest BCUT2D eigenvalue weighted by atomic mass is 10.0. The largest absolute Gasteiger partial charge is 0.493 e. The minimum atomic E-state index is 0.467. The van der Waals surface area contributed by atoms with Crippen LogP contribution in [0.2, 0.25) is 0 Å². The molecule has 0 amide bonds. The van der Waals surface area contributed by atoms with E-state index in [-0.39, 0.29) is 0 Å². The molecule has 0 aliphatic rings. The molecule has 0 bridgehead atoms. The first-order valence-corrected chi connectivity index (χ1v) is 6.11. The zero-order valence-corrected chi connectivity index (χ0v) is 11.0. The monoisotopic (exact) mass is 242 g/mol. The number of methoxy groups -OCH3 is 1. The minimum absolute atomic E-state index is 0.467. The molecule has 2 aromatic rings. The van der Waals surface area contributed by atoms with Crippen molar-refractivity contribution in [2.45, 2.75) is 19.8 Å². The van der Waals surface area contributed by atoms with Crippen molar-refractivity contribution in [3.63, 3.8) is 0 Å². The van der Waals surface area contributed by atoms with E-state index in [1.54, 1.807) is 7.11 Å². The van der Waals surface area contributed by atoms with Gasteiger partial charge in [0, 0.05) is 0 Å². The third-order valence-corrected chi connectivity index (χ3v) is 2.83. The standard InChI is InChI=1S/C16H18O2/c1-12(2)13-9-10-15(17-3)16(11-13)18-14-7-5-4-6-8-14/h4-12H,1-3H3. The third kappa shape index (κ3) is 2.83. The topological polar surface area (TPSA) is 18.5 Å². The molecule has 0 radical (unpaired) electrons. The van der Waals surface area contributed by atoms with Crippen molar-refractivity contribution in [1.82, 2.24) is 0 Å². The maximum absolute atomic E-state index is 5.87. The van der Waals surface area contributed by atoms with Crippen LogP contribution in [0.4, 0.5) is 0 Å². The summed E-state index contributed by atoms with van der Waals surface area (Å²) in [5.41, 5.74) is 1.24. The molecule has 2 heteroatoms. The van der Waals surface area contributed by atoms with Crippen molar-refractivity contribution in [1.29, 1.82) is 0 Å². The van der Waals surface area contributed by atoms with Crippen LogP contribution in [0.5, 0.6) is 17.2 Å². The molecule has 0 spiro atoms. The van der Waals surface area contributed by atoms with Gasteiger partial charge < -0.3 is 9.47 Å². The van der Waals surface area contributed by atoms with E-state index in [0.29, 0.717) is 5.92 Å². The Kier molecular flexibility index (Phi) is 3.88. The van der Waals surface area contributed by atoms with E-state index < -0.39 is 0 Å². The molecular weight excluding hydrogens is 224 g/mol. The van der Waals surface area contributed by atoms with Crippen LogP contribution in [0.15, 0.2) is 48.5 Å². The van der Waals surface area contributed by atoms with Crippen molar-refractivity contribution in [2.24, 2.45) is 0 Å². The lowest BCUT2D eigenvalue weighted by molar-refractivity contribution is 0.378. The van der Waals surface area contributed by atoms with Gasteiger partial charge in [0.05, 0.1) is 7.11 Å². The highest BCUT2D eigenvalue weighted by Gasteiger charge is 2.08. The van der Waals surface area contributed by atoms with Crippen LogP contribution in [0.25, 0.3) is 0 Å². The van der Waals surface area contributed by atoms with Crippen molar-refractivity contribution in [2.75, 3.05) is 7.11 Å². The lowest BCUT2D eigenvalue weighted by Gasteiger charge is -2.13. The molecule has 0 aromatic heterocycles. The average molecular weight is 242 g/mol. The molecule has 0 N–H and O–H groups in total. The summed E-state index contributed by atoms with van der Waals surface area (Å²) in [5.74, 6) is 2.80. The first-order valence-electron chi connectivity index (χ1n) is 6.11. The zero-order chi connectivity index (χ0) is 13.0. The molecule has 2 nitrogen and oxygen atoms in total. The second-order valence-corrected chi connectivity index (χ2v) is 4.48. The Labute approximate surface area is 108 Å². The Morgan fingerprint density at radius 1 is 0.889 bits per heavy atom. The number of rotatable bonds is 4. The van der Waals surface area contributed by atoms with Gasteiger partial charge in [0.25, 0.3) is 0 Å². The van der Waals surface area contributed by atoms with Crippen LogP contribution in [0, 0.1) is 0 Å². The number of para-hydroxylation sites is 1. The summed E-state index contributed by atoms with van der Waals surface area (Å²) in [6, 6.07) is 15.8. The van der Waals surface area contributed by atoms with E-state index in [0.717, 1.165) is 17.2 Å². The molecule has 94 valence electrons. The summed E-state index contributed by atoms with van der Waals surface area (Å²) in [6.45, 7) is 4.32. The SMILES string of the molecule is COc1ccc(C(C)C)cc1Oc1ccccc1. The fourth-order valence-corrected chi connectivity index (χ4v) is 1.75. The molecular formula is C16H18O2. The van der Waals surface area contributed by atoms with E-state index in [9.17, 15) is 0 Å². The normalized spacial score (nSPS) is 10.4. The van der Waals surface area contributed by atoms with Gasteiger partial charge in [-0.25, -0.2) is 0 Å². The fourth-order valence-electron chi connectivity index (χ4n) is 1.75. The first-order chi connectivity index (χ1) is 8.70. The smallest absolute Gasteiger partial charge is 0.169 e. The molecule has 0 unspecified atom stereocenters. The van der Waals surface area contributed by atoms with Gasteiger partial charge in [-0.3, -0.25) is 0 Å². The van der Waals surface area contributed by atoms with Crippen LogP contribution >= 0.6 is 0 Å². The molecule has 0 atom stereocenters. The van der Waals surface area contributed by atoms with E-state index in [2.05, 4.69) is 19.9 Å². The minimum Gasteiger partial charge on any atom is -0.493 e. The highest BCUT2D eigenvalue weighted by molar-refractivity contribution is 5.46. The van der Waals surface area contributed by atoms with Crippen LogP contribution < -0.4 is 9.47 Å². The Hall–Kier alpha value is -1.96. The average Bonchev–Trinajstić information content (AvgIpc) is 2.39. The summed E-state index contributed by atoms with van der Waals surface area (Å²) >= 11 is 0. The summed E-state index contributed by atoms with van der Waals surface area (Å²) < 4.78 is 11.2. The molecule has 2 rings (SSSR count). The molecule has 0 aliphatic heterocycles. The van der Waals surface area contributed by atoms with Crippen molar-refractivity contribution < 1.29 is 9.47 Å². The fraction of sp³-hybridized carbons (Fsp3) is 0.250. The Balaban J connectivity index is 2.32. The predicted molar refractivity (Wildman–Crippen MR) is 73.6 cm³/mol. The van der Waals surface area contributed by atoms with Gasteiger partial charge in [0.1, 0.15) is 5.75 Å². The summed E-state index contributed by atoms with van der Waals surface area (Å²) in [4.78, 5) is 0. The summed E-state index contributed by atoms with van der Waals surface area (Å²) in [5, 5.41) is 0. The highest BCUT2D eigenvalue weighted by atomic mass is 16.5. The van der Waals surface area contributed by atoms with Gasteiger partial charge in [0.15, 0.2) is 11.5 Å². The molecule has 0 fully saturated rings. The maximum atomic E-state index is 5.87. The zero-order valence-electron chi connectivity index (χ0n) is 11.0. The Bertz CT molecular complexity index is 504. The number of benzene rings is 2. The first kappa shape index (κ1) is 12.5. The molecule has 0 heterocycles. The molecule has 0 saturated carbocycles. The van der Waals surface area contributed by atoms with E-state index in [1.165, 1.54) is 5.56 Å². The van der Waals surface area contributed by atoms with Gasteiger partial charge in [-0.15, -0.1) is 0 Å². The van der Waals surface area contributed by atoms with Crippen LogP contribution in [0.3, 0.4) is 0 Å². The quantitative estimate of drug-likeness (QED) is 0.779. The van der Waals surface area contributed by atoms with Crippen molar-refractivity contribution >= 4 is 0 Å². The number of hydrogen-bond acceptors (Lipinski definition) is 2. The molecule has 0 aliphatic carbocycles. The van der Waals surface area contributed by atoms with E-state index in [1.807, 2.05) is 42.5 Å². The predicted octanol–water partition coefficient (Wildman–Crippen LogP) is 4.61. The van der Waals surface area contributed by atoms with E-state index >= 15 is 0 Å². The maximum Gasteiger partial charge on any atom is 0.169 e. The van der Waals surface area contributed by atoms with Crippen LogP contribution in [-0.4, -0.2) is 7.11 Å². The third-order valence-electron chi connectivity index (χ3n) is 2.83. The second-order valence-electron chi connectivity index (χ2n) is 4.48. The van der Waals surface area contributed by atoms with Crippen LogP contribution in [-0.2, 0) is 0 Å². The van der Waals surface area contributed by atoms with Crippen molar-refractivity contribution in [3.05, 3.63) is 54.1 Å². The Morgan fingerprint density at radius 2 is 1.61 bits per heavy atom. The number of ether oxygens (including phenoxy) is 2. The molecule has 2 aromatic carbocycles. The summed E-state index contributed by atoms with van der Waals surface area (Å²) in [6.07, 6.45) is 0. The lowest BCUT2D eigenvalue weighted by Crippen LogP contribution is -1.93. The van der Waals surface area contributed by atoms with Gasteiger partial charge in [-0.05, 0) is 35.7 Å². The summed E-state index contributed by atoms with van der Waals surface area (Å²) in [7, 11) is 1.65. The molecule has 18 heavy (non-hydrogen) atoms. The van der Waals surface area contributed by atoms with Crippen LogP contribution in [0.1, 0.15) is 25.3 Å². The molecule has 0 saturated heterocycles. The Morgan fingerprint density at radius 3 is 2.22 bits per heavy atom. The van der Waals surface area contributed by atoms with Gasteiger partial charge in [0.2, 0.25) is 0 Å². The number of hydrogen-bond donors (Lipinski definition) is 0. The highest BCUT2D eigenvalue weighted by Crippen LogP contribution is 2.34. The van der Waals surface area contributed by atoms with Crippen molar-refractivity contribution in [3.8, 4) is 17.2 Å². The second kappa shape index (κ2) is 5.58. The van der Waals surface area contributed by atoms with Gasteiger partial charge >= 0.3 is 0 Å². The van der Waals surface area contributed by atoms with Gasteiger partial charge in [-0.2, -0.15) is 0 Å².